The topological polar surface area (TPSA) is 65.8 Å². The molecule has 0 bridgehead atoms. The first-order valence-corrected chi connectivity index (χ1v) is 9.53. The van der Waals surface area contributed by atoms with Crippen molar-refractivity contribution >= 4 is 34.8 Å². The molecule has 0 fully saturated rings. The van der Waals surface area contributed by atoms with Crippen molar-refractivity contribution < 1.29 is 18.0 Å². The molecule has 0 aliphatic heterocycles. The fourth-order valence-corrected chi connectivity index (χ4v) is 3.13. The van der Waals surface area contributed by atoms with E-state index in [4.69, 9.17) is 16.9 Å². The Morgan fingerprint density at radius 1 is 1.24 bits per heavy atom. The molecular weight excluding hydrogens is 423 g/mol. The maximum absolute atomic E-state index is 12.7. The Kier molecular flexibility index (Phi) is 6.98. The first-order chi connectivity index (χ1) is 13.4. The van der Waals surface area contributed by atoms with Crippen molar-refractivity contribution in [3.8, 4) is 6.07 Å². The third-order valence-electron chi connectivity index (χ3n) is 3.63. The summed E-state index contributed by atoms with van der Waals surface area (Å²) in [5.74, 6) is -0.275. The Morgan fingerprint density at radius 2 is 1.86 bits per heavy atom. The van der Waals surface area contributed by atoms with Crippen LogP contribution in [0.15, 0.2) is 58.2 Å². The van der Waals surface area contributed by atoms with E-state index in [0.717, 1.165) is 24.0 Å². The van der Waals surface area contributed by atoms with Gasteiger partial charge in [0.2, 0.25) is 0 Å². The summed E-state index contributed by atoms with van der Waals surface area (Å²) in [6, 6.07) is 9.56. The molecule has 0 spiro atoms. The van der Waals surface area contributed by atoms with E-state index in [1.54, 1.807) is 45.0 Å². The van der Waals surface area contributed by atoms with Crippen LogP contribution < -0.4 is 5.32 Å². The fraction of sp³-hybridized carbons (Fsp3) is 0.250. The molecule has 4 nitrogen and oxygen atoms in total. The van der Waals surface area contributed by atoms with Gasteiger partial charge in [-0.1, -0.05) is 44.1 Å². The van der Waals surface area contributed by atoms with Gasteiger partial charge in [-0.3, -0.25) is 4.79 Å². The molecule has 2 aromatic rings. The van der Waals surface area contributed by atoms with Crippen molar-refractivity contribution in [1.29, 1.82) is 5.26 Å². The molecule has 152 valence electrons. The Balaban J connectivity index is 2.10. The van der Waals surface area contributed by atoms with Gasteiger partial charge in [-0.2, -0.15) is 18.4 Å². The highest BCUT2D eigenvalue weighted by Crippen LogP contribution is 2.36. The molecule has 0 amide bonds. The number of alkyl halides is 3. The van der Waals surface area contributed by atoms with Crippen LogP contribution in [0, 0.1) is 16.7 Å². The van der Waals surface area contributed by atoms with Crippen LogP contribution >= 0.6 is 23.4 Å². The quantitative estimate of drug-likeness (QED) is 0.435. The second-order valence-electron chi connectivity index (χ2n) is 7.03. The first-order valence-electron chi connectivity index (χ1n) is 8.34. The molecule has 0 aliphatic rings. The normalized spacial score (nSPS) is 12.4. The van der Waals surface area contributed by atoms with Crippen molar-refractivity contribution in [1.82, 2.24) is 4.98 Å². The molecule has 0 atom stereocenters. The van der Waals surface area contributed by atoms with Crippen molar-refractivity contribution in [2.45, 2.75) is 36.9 Å². The Labute approximate surface area is 175 Å². The lowest BCUT2D eigenvalue weighted by Crippen LogP contribution is -2.22. The number of nitriles is 1. The predicted molar refractivity (Wildman–Crippen MR) is 107 cm³/mol. The molecule has 9 heteroatoms. The van der Waals surface area contributed by atoms with Gasteiger partial charge in [0.15, 0.2) is 5.78 Å². The number of carbonyl (C=O) groups is 1. The third-order valence-corrected chi connectivity index (χ3v) is 5.06. The molecule has 29 heavy (non-hydrogen) atoms. The molecule has 1 aromatic heterocycles. The summed E-state index contributed by atoms with van der Waals surface area (Å²) in [4.78, 5) is 16.7. The van der Waals surface area contributed by atoms with E-state index in [0.29, 0.717) is 10.6 Å². The predicted octanol–water partition coefficient (Wildman–Crippen LogP) is 6.34. The number of hydrogen-bond donors (Lipinski definition) is 1. The standard InChI is InChI=1S/C20H17ClF3N3OS/c1-19(2,3)17(28)12(9-25)10-26-14-4-6-15(7-5-14)29-18-16(21)8-13(11-27-18)20(22,23)24/h4-8,10-11,26H,1-3H3/b12-10-. The molecule has 1 N–H and O–H groups in total. The first kappa shape index (κ1) is 22.8. The SMILES string of the molecule is CC(C)(C)C(=O)/C(C#N)=C\Nc1ccc(Sc2ncc(C(F)(F)F)cc2Cl)cc1. The minimum atomic E-state index is -4.50. The van der Waals surface area contributed by atoms with Gasteiger partial charge in [0.05, 0.1) is 10.6 Å². The van der Waals surface area contributed by atoms with E-state index < -0.39 is 17.2 Å². The molecule has 1 heterocycles. The van der Waals surface area contributed by atoms with Crippen LogP contribution in [-0.4, -0.2) is 10.8 Å². The number of allylic oxidation sites excluding steroid dienone is 1. The third kappa shape index (κ3) is 6.24. The number of anilines is 1. The van der Waals surface area contributed by atoms with Gasteiger partial charge in [0, 0.05) is 28.4 Å². The van der Waals surface area contributed by atoms with Gasteiger partial charge in [0.1, 0.15) is 16.7 Å². The Morgan fingerprint density at radius 3 is 2.34 bits per heavy atom. The fourth-order valence-electron chi connectivity index (χ4n) is 2.09. The summed E-state index contributed by atoms with van der Waals surface area (Å²) in [6.07, 6.45) is -2.41. The highest BCUT2D eigenvalue weighted by atomic mass is 35.5. The number of nitrogens with zero attached hydrogens (tertiary/aromatic N) is 2. The lowest BCUT2D eigenvalue weighted by atomic mass is 9.87. The van der Waals surface area contributed by atoms with Crippen LogP contribution in [0.2, 0.25) is 5.02 Å². The highest BCUT2D eigenvalue weighted by molar-refractivity contribution is 7.99. The van der Waals surface area contributed by atoms with Gasteiger partial charge >= 0.3 is 6.18 Å². The van der Waals surface area contributed by atoms with Crippen LogP contribution in [0.3, 0.4) is 0 Å². The zero-order chi connectivity index (χ0) is 21.8. The molecule has 0 unspecified atom stereocenters. The van der Waals surface area contributed by atoms with Gasteiger partial charge in [-0.15, -0.1) is 0 Å². The van der Waals surface area contributed by atoms with Crippen molar-refractivity contribution in [3.63, 3.8) is 0 Å². The van der Waals surface area contributed by atoms with E-state index in [9.17, 15) is 18.0 Å². The maximum Gasteiger partial charge on any atom is 0.417 e. The van der Waals surface area contributed by atoms with E-state index in [1.165, 1.54) is 6.20 Å². The number of carbonyl (C=O) groups excluding carboxylic acids is 1. The number of ketones is 1. The number of nitrogens with one attached hydrogen (secondary N) is 1. The summed E-state index contributed by atoms with van der Waals surface area (Å²) >= 11 is 7.04. The van der Waals surface area contributed by atoms with E-state index in [-0.39, 0.29) is 21.4 Å². The average molecular weight is 440 g/mol. The molecular formula is C20H17ClF3N3OS. The van der Waals surface area contributed by atoms with Gasteiger partial charge in [-0.05, 0) is 30.3 Å². The number of rotatable bonds is 5. The Hall–Kier alpha value is -2.50. The molecule has 0 radical (unpaired) electrons. The molecule has 0 aliphatic carbocycles. The summed E-state index contributed by atoms with van der Waals surface area (Å²) in [6.45, 7) is 5.19. The number of pyridine rings is 1. The van der Waals surface area contributed by atoms with E-state index in [1.807, 2.05) is 6.07 Å². The average Bonchev–Trinajstić information content (AvgIpc) is 2.63. The zero-order valence-corrected chi connectivity index (χ0v) is 17.3. The van der Waals surface area contributed by atoms with Crippen molar-refractivity contribution in [3.05, 3.63) is 58.9 Å². The van der Waals surface area contributed by atoms with Crippen LogP contribution in [0.1, 0.15) is 26.3 Å². The Bertz CT molecular complexity index is 974. The van der Waals surface area contributed by atoms with Crippen molar-refractivity contribution in [2.24, 2.45) is 5.41 Å². The minimum absolute atomic E-state index is 0.0108. The minimum Gasteiger partial charge on any atom is -0.360 e. The van der Waals surface area contributed by atoms with Gasteiger partial charge < -0.3 is 5.32 Å². The number of Topliss-reactive ketones (excluding diaryl/α,β-unsaturated/α-hetero) is 1. The van der Waals surface area contributed by atoms with Crippen LogP contribution in [0.25, 0.3) is 0 Å². The summed E-state index contributed by atoms with van der Waals surface area (Å²) in [7, 11) is 0. The van der Waals surface area contributed by atoms with Gasteiger partial charge in [0.25, 0.3) is 0 Å². The highest BCUT2D eigenvalue weighted by Gasteiger charge is 2.31. The molecule has 1 aromatic carbocycles. The second kappa shape index (κ2) is 8.89. The van der Waals surface area contributed by atoms with Crippen LogP contribution in [0.5, 0.6) is 0 Å². The lowest BCUT2D eigenvalue weighted by Gasteiger charge is -2.15. The van der Waals surface area contributed by atoms with Crippen molar-refractivity contribution in [2.75, 3.05) is 5.32 Å². The summed E-state index contributed by atoms with van der Waals surface area (Å²) in [5.41, 5.74) is -0.930. The maximum atomic E-state index is 12.7. The second-order valence-corrected chi connectivity index (χ2v) is 8.50. The molecule has 2 rings (SSSR count). The smallest absolute Gasteiger partial charge is 0.360 e. The number of hydrogen-bond acceptors (Lipinski definition) is 5. The largest absolute Gasteiger partial charge is 0.417 e. The monoisotopic (exact) mass is 439 g/mol. The van der Waals surface area contributed by atoms with Crippen LogP contribution in [0.4, 0.5) is 18.9 Å². The zero-order valence-electron chi connectivity index (χ0n) is 15.8. The number of aromatic nitrogens is 1. The summed E-state index contributed by atoms with van der Waals surface area (Å²) < 4.78 is 38.0. The van der Waals surface area contributed by atoms with E-state index >= 15 is 0 Å². The number of benzene rings is 1. The molecule has 0 saturated heterocycles. The lowest BCUT2D eigenvalue weighted by molar-refractivity contribution is -0.137. The number of halogens is 4. The van der Waals surface area contributed by atoms with Gasteiger partial charge in [-0.25, -0.2) is 4.98 Å². The summed E-state index contributed by atoms with van der Waals surface area (Å²) in [5, 5.41) is 12.2. The van der Waals surface area contributed by atoms with E-state index in [2.05, 4.69) is 10.3 Å². The molecule has 0 saturated carbocycles. The van der Waals surface area contributed by atoms with Crippen LogP contribution in [-0.2, 0) is 11.0 Å².